The smallest absolute Gasteiger partial charge is 0.253 e. The van der Waals surface area contributed by atoms with Crippen LogP contribution in [0.5, 0.6) is 0 Å². The van der Waals surface area contributed by atoms with E-state index in [1.807, 2.05) is 35.8 Å². The second-order valence-corrected chi connectivity index (χ2v) is 11.3. The van der Waals surface area contributed by atoms with Gasteiger partial charge in [-0.15, -0.1) is 21.5 Å². The van der Waals surface area contributed by atoms with Crippen LogP contribution in [0.1, 0.15) is 33.8 Å². The number of hydrogen-bond acceptors (Lipinski definition) is 8. The number of amides is 1. The number of piperazine rings is 1. The van der Waals surface area contributed by atoms with Gasteiger partial charge < -0.3 is 15.1 Å². The lowest BCUT2D eigenvalue weighted by Gasteiger charge is -2.32. The second kappa shape index (κ2) is 10.9. The molecule has 9 nitrogen and oxygen atoms in total. The molecule has 2 aliphatic heterocycles. The van der Waals surface area contributed by atoms with Gasteiger partial charge in [-0.1, -0.05) is 23.7 Å². The zero-order valence-corrected chi connectivity index (χ0v) is 23.4. The Hall–Kier alpha value is -2.79. The molecule has 5 rings (SSSR count). The van der Waals surface area contributed by atoms with Gasteiger partial charge in [0.1, 0.15) is 23.1 Å². The lowest BCUT2D eigenvalue weighted by atomic mass is 10.00. The predicted octanol–water partition coefficient (Wildman–Crippen LogP) is 3.23. The Labute approximate surface area is 226 Å². The summed E-state index contributed by atoms with van der Waals surface area (Å²) in [6.07, 6.45) is 0.916. The van der Waals surface area contributed by atoms with Crippen LogP contribution in [-0.2, 0) is 4.79 Å². The third-order valence-electron chi connectivity index (χ3n) is 7.05. The summed E-state index contributed by atoms with van der Waals surface area (Å²) in [5.74, 6) is 1.20. The summed E-state index contributed by atoms with van der Waals surface area (Å²) in [5, 5.41) is 20.2. The number of hydrazone groups is 1. The van der Waals surface area contributed by atoms with E-state index in [-0.39, 0.29) is 12.5 Å². The maximum Gasteiger partial charge on any atom is 0.253 e. The maximum atomic E-state index is 13.0. The molecule has 11 heteroatoms. The van der Waals surface area contributed by atoms with E-state index >= 15 is 0 Å². The predicted molar refractivity (Wildman–Crippen MR) is 149 cm³/mol. The molecule has 0 spiro atoms. The molecule has 1 N–H and O–H groups in total. The Morgan fingerprint density at radius 1 is 1.08 bits per heavy atom. The van der Waals surface area contributed by atoms with Gasteiger partial charge in [-0.2, -0.15) is 5.10 Å². The average Bonchev–Trinajstić information content (AvgIpc) is 3.35. The first kappa shape index (κ1) is 25.8. The van der Waals surface area contributed by atoms with Gasteiger partial charge in [-0.25, -0.2) is 5.01 Å². The van der Waals surface area contributed by atoms with Gasteiger partial charge >= 0.3 is 0 Å². The number of aromatic nitrogens is 3. The van der Waals surface area contributed by atoms with E-state index in [2.05, 4.69) is 46.2 Å². The van der Waals surface area contributed by atoms with Crippen molar-refractivity contribution in [3.05, 3.63) is 56.7 Å². The van der Waals surface area contributed by atoms with Gasteiger partial charge in [-0.3, -0.25) is 9.36 Å². The number of thiophene rings is 1. The fraction of sp³-hybridized carbons (Fsp3) is 0.462. The monoisotopic (exact) mass is 540 g/mol. The van der Waals surface area contributed by atoms with Crippen molar-refractivity contribution in [2.24, 2.45) is 5.10 Å². The molecule has 1 amide bonds. The first-order valence-corrected chi connectivity index (χ1v) is 13.8. The molecule has 37 heavy (non-hydrogen) atoms. The van der Waals surface area contributed by atoms with E-state index in [0.29, 0.717) is 17.5 Å². The number of anilines is 1. The summed E-state index contributed by atoms with van der Waals surface area (Å²) in [4.78, 5) is 19.0. The van der Waals surface area contributed by atoms with Crippen molar-refractivity contribution in [1.82, 2.24) is 29.9 Å². The van der Waals surface area contributed by atoms with Crippen molar-refractivity contribution in [2.75, 3.05) is 57.9 Å². The van der Waals surface area contributed by atoms with Gasteiger partial charge in [0.05, 0.1) is 0 Å². The number of fused-ring (bicyclic) bond motifs is 3. The number of nitrogens with zero attached hydrogens (tertiary/aromatic N) is 7. The Bertz CT molecular complexity index is 1310. The lowest BCUT2D eigenvalue weighted by molar-refractivity contribution is -0.119. The Morgan fingerprint density at radius 2 is 1.81 bits per heavy atom. The largest absolute Gasteiger partial charge is 0.354 e. The summed E-state index contributed by atoms with van der Waals surface area (Å²) in [7, 11) is 2.16. The van der Waals surface area contributed by atoms with Crippen LogP contribution in [0.3, 0.4) is 0 Å². The molecule has 196 valence electrons. The van der Waals surface area contributed by atoms with Crippen molar-refractivity contribution >= 4 is 40.5 Å². The number of likely N-dealkylation sites (N-methyl/N-ethyl adjacent to an activating group) is 1. The fourth-order valence-corrected chi connectivity index (χ4v) is 6.05. The Morgan fingerprint density at radius 3 is 2.54 bits per heavy atom. The standard InChI is InChI=1S/C26H33ClN8OS/c1-17-18(2)37-25-23(17)24(20-6-8-21(27)9-7-20)31-34(26-30-29-19(3)35(25)26)16-22(36)28-10-5-11-33-14-12-32(4)13-15-33/h6-9H,5,10-16H2,1-4H3,(H,28,36). The highest BCUT2D eigenvalue weighted by atomic mass is 35.5. The van der Waals surface area contributed by atoms with Crippen LogP contribution >= 0.6 is 22.9 Å². The first-order chi connectivity index (χ1) is 17.8. The van der Waals surface area contributed by atoms with Crippen molar-refractivity contribution in [1.29, 1.82) is 0 Å². The molecule has 4 heterocycles. The van der Waals surface area contributed by atoms with E-state index in [0.717, 1.165) is 72.4 Å². The van der Waals surface area contributed by atoms with Gasteiger partial charge in [0.2, 0.25) is 5.91 Å². The van der Waals surface area contributed by atoms with Crippen LogP contribution in [0.4, 0.5) is 5.95 Å². The van der Waals surface area contributed by atoms with Gasteiger partial charge in [-0.05, 0) is 58.5 Å². The Kier molecular flexibility index (Phi) is 7.62. The molecular weight excluding hydrogens is 508 g/mol. The number of carbonyl (C=O) groups excluding carboxylic acids is 1. The topological polar surface area (TPSA) is 81.9 Å². The fourth-order valence-electron chi connectivity index (χ4n) is 4.73. The third kappa shape index (κ3) is 5.43. The highest BCUT2D eigenvalue weighted by Crippen LogP contribution is 2.38. The lowest BCUT2D eigenvalue weighted by Crippen LogP contribution is -2.45. The quantitative estimate of drug-likeness (QED) is 0.463. The molecule has 1 fully saturated rings. The molecule has 1 saturated heterocycles. The number of aryl methyl sites for hydroxylation is 2. The van der Waals surface area contributed by atoms with Crippen LogP contribution in [0.25, 0.3) is 5.00 Å². The van der Waals surface area contributed by atoms with E-state index in [4.69, 9.17) is 16.7 Å². The number of carbonyl (C=O) groups is 1. The van der Waals surface area contributed by atoms with Crippen molar-refractivity contribution in [3.63, 3.8) is 0 Å². The van der Waals surface area contributed by atoms with Crippen LogP contribution < -0.4 is 10.3 Å². The van der Waals surface area contributed by atoms with Gasteiger partial charge in [0.15, 0.2) is 0 Å². The minimum absolute atomic E-state index is 0.0523. The highest BCUT2D eigenvalue weighted by molar-refractivity contribution is 7.15. The van der Waals surface area contributed by atoms with Crippen molar-refractivity contribution < 1.29 is 4.79 Å². The molecule has 0 unspecified atom stereocenters. The second-order valence-electron chi connectivity index (χ2n) is 9.71. The minimum Gasteiger partial charge on any atom is -0.354 e. The summed E-state index contributed by atoms with van der Waals surface area (Å²) >= 11 is 7.87. The van der Waals surface area contributed by atoms with Crippen molar-refractivity contribution in [3.8, 4) is 5.00 Å². The van der Waals surface area contributed by atoms with Crippen LogP contribution in [0.15, 0.2) is 29.4 Å². The van der Waals surface area contributed by atoms with Gasteiger partial charge in [0.25, 0.3) is 5.95 Å². The maximum absolute atomic E-state index is 13.0. The third-order valence-corrected chi connectivity index (χ3v) is 8.49. The minimum atomic E-state index is -0.0945. The number of rotatable bonds is 7. The van der Waals surface area contributed by atoms with Crippen molar-refractivity contribution in [2.45, 2.75) is 27.2 Å². The van der Waals surface area contributed by atoms with Crippen LogP contribution in [-0.4, -0.2) is 89.0 Å². The number of halogens is 1. The van der Waals surface area contributed by atoms with E-state index < -0.39 is 0 Å². The Balaban J connectivity index is 1.37. The van der Waals surface area contributed by atoms with E-state index in [1.165, 1.54) is 4.88 Å². The number of nitrogens with one attached hydrogen (secondary N) is 1. The SMILES string of the molecule is Cc1sc2c(c1C)C(c1ccc(Cl)cc1)=NN(CC(=O)NCCCN1CCN(C)CC1)c1nnc(C)n1-2. The summed E-state index contributed by atoms with van der Waals surface area (Å²) in [6, 6.07) is 7.66. The molecule has 0 saturated carbocycles. The number of benzene rings is 1. The molecule has 2 aromatic heterocycles. The van der Waals surface area contributed by atoms with E-state index in [9.17, 15) is 4.79 Å². The molecule has 0 radical (unpaired) electrons. The summed E-state index contributed by atoms with van der Waals surface area (Å²) < 4.78 is 2.01. The average molecular weight is 541 g/mol. The first-order valence-electron chi connectivity index (χ1n) is 12.6. The molecular formula is C26H33ClN8OS. The zero-order valence-electron chi connectivity index (χ0n) is 21.8. The van der Waals surface area contributed by atoms with Crippen LogP contribution in [0, 0.1) is 20.8 Å². The molecule has 3 aromatic rings. The molecule has 0 bridgehead atoms. The number of hydrogen-bond donors (Lipinski definition) is 1. The normalized spacial score (nSPS) is 16.2. The molecule has 0 aliphatic carbocycles. The highest BCUT2D eigenvalue weighted by Gasteiger charge is 2.31. The van der Waals surface area contributed by atoms with Gasteiger partial charge in [0, 0.05) is 53.8 Å². The molecule has 0 atom stereocenters. The summed E-state index contributed by atoms with van der Waals surface area (Å²) in [6.45, 7) is 12.2. The van der Waals surface area contributed by atoms with E-state index in [1.54, 1.807) is 16.3 Å². The molecule has 1 aromatic carbocycles. The molecule has 2 aliphatic rings. The summed E-state index contributed by atoms with van der Waals surface area (Å²) in [5.41, 5.74) is 3.91. The zero-order chi connectivity index (χ0) is 26.1. The van der Waals surface area contributed by atoms with Crippen LogP contribution in [0.2, 0.25) is 5.02 Å².